The zero-order valence-corrected chi connectivity index (χ0v) is 12.7. The highest BCUT2D eigenvalue weighted by Crippen LogP contribution is 2.17. The van der Waals surface area contributed by atoms with Gasteiger partial charge in [0.25, 0.3) is 0 Å². The lowest BCUT2D eigenvalue weighted by molar-refractivity contribution is -0.136. The molecule has 1 aliphatic rings. The van der Waals surface area contributed by atoms with E-state index in [1.165, 1.54) is 0 Å². The molecule has 0 radical (unpaired) electrons. The van der Waals surface area contributed by atoms with Gasteiger partial charge in [0.2, 0.25) is 11.8 Å². The summed E-state index contributed by atoms with van der Waals surface area (Å²) in [4.78, 5) is 25.9. The Morgan fingerprint density at radius 2 is 1.95 bits per heavy atom. The third-order valence-electron chi connectivity index (χ3n) is 3.62. The smallest absolute Gasteiger partial charge is 0.244 e. The number of likely N-dealkylation sites (N-methyl/N-ethyl adjacent to an activating group) is 1. The molecule has 1 fully saturated rings. The number of rotatable bonds is 5. The molecule has 0 spiro atoms. The first kappa shape index (κ1) is 16.0. The van der Waals surface area contributed by atoms with E-state index >= 15 is 0 Å². The van der Waals surface area contributed by atoms with E-state index in [1.54, 1.807) is 19.0 Å². The zero-order chi connectivity index (χ0) is 14.6. The summed E-state index contributed by atoms with van der Waals surface area (Å²) in [5.41, 5.74) is 0. The van der Waals surface area contributed by atoms with Crippen molar-refractivity contribution in [3.05, 3.63) is 0 Å². The summed E-state index contributed by atoms with van der Waals surface area (Å²) in [6, 6.07) is -0.407. The van der Waals surface area contributed by atoms with Gasteiger partial charge in [0, 0.05) is 20.6 Å². The van der Waals surface area contributed by atoms with Crippen molar-refractivity contribution in [2.45, 2.75) is 33.2 Å². The molecule has 0 aromatic heterocycles. The van der Waals surface area contributed by atoms with E-state index in [-0.39, 0.29) is 17.7 Å². The molecule has 1 saturated heterocycles. The zero-order valence-electron chi connectivity index (χ0n) is 12.7. The van der Waals surface area contributed by atoms with Crippen LogP contribution in [0.25, 0.3) is 0 Å². The molecular formula is C14H27N3O2. The summed E-state index contributed by atoms with van der Waals surface area (Å²) in [6.45, 7) is 7.76. The van der Waals surface area contributed by atoms with Crippen LogP contribution in [-0.2, 0) is 9.59 Å². The summed E-state index contributed by atoms with van der Waals surface area (Å²) >= 11 is 0. The molecule has 0 aliphatic carbocycles. The van der Waals surface area contributed by atoms with Crippen LogP contribution in [0, 0.1) is 17.8 Å². The first-order valence-corrected chi connectivity index (χ1v) is 7.05. The average molecular weight is 269 g/mol. The van der Waals surface area contributed by atoms with Crippen molar-refractivity contribution >= 4 is 11.8 Å². The summed E-state index contributed by atoms with van der Waals surface area (Å²) in [5, 5.41) is 6.14. The Kier molecular flexibility index (Phi) is 5.79. The minimum Gasteiger partial charge on any atom is -0.347 e. The molecule has 0 aromatic rings. The van der Waals surface area contributed by atoms with Crippen molar-refractivity contribution in [1.29, 1.82) is 0 Å². The molecule has 1 aliphatic heterocycles. The molecule has 5 nitrogen and oxygen atoms in total. The maximum absolute atomic E-state index is 12.3. The second-order valence-corrected chi connectivity index (χ2v) is 6.17. The Balaban J connectivity index is 2.66. The highest BCUT2D eigenvalue weighted by atomic mass is 16.2. The minimum atomic E-state index is -0.407. The lowest BCUT2D eigenvalue weighted by Crippen LogP contribution is -2.49. The number of carbonyl (C=O) groups is 2. The number of hydrogen-bond donors (Lipinski definition) is 2. The summed E-state index contributed by atoms with van der Waals surface area (Å²) < 4.78 is 0. The van der Waals surface area contributed by atoms with Gasteiger partial charge in [-0.05, 0) is 24.8 Å². The predicted molar refractivity (Wildman–Crippen MR) is 75.6 cm³/mol. The van der Waals surface area contributed by atoms with Gasteiger partial charge in [-0.1, -0.05) is 20.8 Å². The van der Waals surface area contributed by atoms with Gasteiger partial charge in [-0.2, -0.15) is 0 Å². The van der Waals surface area contributed by atoms with Crippen LogP contribution in [0.1, 0.15) is 27.2 Å². The van der Waals surface area contributed by atoms with Crippen LogP contribution in [0.4, 0.5) is 0 Å². The van der Waals surface area contributed by atoms with Crippen molar-refractivity contribution in [2.75, 3.05) is 27.2 Å². The molecule has 3 atom stereocenters. The summed E-state index contributed by atoms with van der Waals surface area (Å²) in [7, 11) is 3.45. The van der Waals surface area contributed by atoms with Gasteiger partial charge in [0.1, 0.15) is 6.04 Å². The molecule has 2 amide bonds. The van der Waals surface area contributed by atoms with E-state index < -0.39 is 6.04 Å². The molecule has 3 unspecified atom stereocenters. The second kappa shape index (κ2) is 6.89. The maximum Gasteiger partial charge on any atom is 0.244 e. The van der Waals surface area contributed by atoms with Crippen molar-refractivity contribution in [2.24, 2.45) is 17.8 Å². The van der Waals surface area contributed by atoms with Crippen molar-refractivity contribution in [3.8, 4) is 0 Å². The van der Waals surface area contributed by atoms with E-state index in [0.29, 0.717) is 24.8 Å². The van der Waals surface area contributed by atoms with E-state index in [0.717, 1.165) is 6.54 Å². The largest absolute Gasteiger partial charge is 0.347 e. The highest BCUT2D eigenvalue weighted by Gasteiger charge is 2.32. The number of amides is 2. The Hall–Kier alpha value is -1.10. The van der Waals surface area contributed by atoms with Crippen LogP contribution >= 0.6 is 0 Å². The molecule has 1 rings (SSSR count). The van der Waals surface area contributed by atoms with Crippen LogP contribution in [-0.4, -0.2) is 49.9 Å². The molecule has 0 aromatic carbocycles. The second-order valence-electron chi connectivity index (χ2n) is 6.17. The monoisotopic (exact) mass is 269 g/mol. The Morgan fingerprint density at radius 3 is 2.37 bits per heavy atom. The van der Waals surface area contributed by atoms with Gasteiger partial charge >= 0.3 is 0 Å². The van der Waals surface area contributed by atoms with Crippen LogP contribution in [0.3, 0.4) is 0 Å². The number of nitrogens with zero attached hydrogens (tertiary/aromatic N) is 1. The lowest BCUT2D eigenvalue weighted by atomic mass is 9.95. The van der Waals surface area contributed by atoms with Gasteiger partial charge in [0.15, 0.2) is 0 Å². The fourth-order valence-corrected chi connectivity index (χ4v) is 2.44. The van der Waals surface area contributed by atoms with Crippen LogP contribution in [0.5, 0.6) is 0 Å². The molecule has 1 heterocycles. The van der Waals surface area contributed by atoms with Gasteiger partial charge < -0.3 is 15.5 Å². The Labute approximate surface area is 116 Å². The fourth-order valence-electron chi connectivity index (χ4n) is 2.44. The predicted octanol–water partition coefficient (Wildman–Crippen LogP) is 0.461. The SMILES string of the molecule is CC(C)CC(NC(=O)C1CNCC1C)C(=O)N(C)C. The summed E-state index contributed by atoms with van der Waals surface area (Å²) in [6.07, 6.45) is 0.678. The van der Waals surface area contributed by atoms with Crippen LogP contribution < -0.4 is 10.6 Å². The number of nitrogens with one attached hydrogen (secondary N) is 2. The molecule has 0 bridgehead atoms. The first-order valence-electron chi connectivity index (χ1n) is 7.05. The quantitative estimate of drug-likeness (QED) is 0.762. The topological polar surface area (TPSA) is 61.4 Å². The van der Waals surface area contributed by atoms with E-state index in [1.807, 2.05) is 0 Å². The van der Waals surface area contributed by atoms with Gasteiger partial charge in [-0.15, -0.1) is 0 Å². The Bertz CT molecular complexity index is 329. The third-order valence-corrected chi connectivity index (χ3v) is 3.62. The van der Waals surface area contributed by atoms with E-state index in [2.05, 4.69) is 31.4 Å². The maximum atomic E-state index is 12.3. The third kappa shape index (κ3) is 4.49. The lowest BCUT2D eigenvalue weighted by Gasteiger charge is -2.25. The van der Waals surface area contributed by atoms with Gasteiger partial charge in [-0.3, -0.25) is 9.59 Å². The molecule has 2 N–H and O–H groups in total. The van der Waals surface area contributed by atoms with Gasteiger partial charge in [-0.25, -0.2) is 0 Å². The average Bonchev–Trinajstić information content (AvgIpc) is 2.72. The Morgan fingerprint density at radius 1 is 1.32 bits per heavy atom. The normalized spacial score (nSPS) is 24.3. The van der Waals surface area contributed by atoms with E-state index in [4.69, 9.17) is 0 Å². The fraction of sp³-hybridized carbons (Fsp3) is 0.857. The number of carbonyl (C=O) groups excluding carboxylic acids is 2. The number of hydrogen-bond acceptors (Lipinski definition) is 3. The van der Waals surface area contributed by atoms with Gasteiger partial charge in [0.05, 0.1) is 5.92 Å². The van der Waals surface area contributed by atoms with E-state index in [9.17, 15) is 9.59 Å². The molecule has 5 heteroatoms. The van der Waals surface area contributed by atoms with Crippen molar-refractivity contribution < 1.29 is 9.59 Å². The van der Waals surface area contributed by atoms with Crippen molar-refractivity contribution in [1.82, 2.24) is 15.5 Å². The minimum absolute atomic E-state index is 0.00153. The highest BCUT2D eigenvalue weighted by molar-refractivity contribution is 5.88. The standard InChI is InChI=1S/C14H27N3O2/c1-9(2)6-12(14(19)17(4)5)16-13(18)11-8-15-7-10(11)3/h9-12,15H,6-8H2,1-5H3,(H,16,18). The molecule has 0 saturated carbocycles. The van der Waals surface area contributed by atoms with Crippen molar-refractivity contribution in [3.63, 3.8) is 0 Å². The summed E-state index contributed by atoms with van der Waals surface area (Å²) in [5.74, 6) is 0.645. The van der Waals surface area contributed by atoms with Crippen LogP contribution in [0.15, 0.2) is 0 Å². The molecule has 19 heavy (non-hydrogen) atoms. The molecule has 110 valence electrons. The first-order chi connectivity index (χ1) is 8.82. The van der Waals surface area contributed by atoms with Crippen LogP contribution in [0.2, 0.25) is 0 Å². The molecular weight excluding hydrogens is 242 g/mol.